The molecule has 36 heavy (non-hydrogen) atoms. The first kappa shape index (κ1) is 22.4. The number of benzene rings is 2. The molecule has 0 radical (unpaired) electrons. The molecule has 6 heteroatoms. The zero-order valence-corrected chi connectivity index (χ0v) is 20.2. The fourth-order valence-corrected chi connectivity index (χ4v) is 5.22. The van der Waals surface area contributed by atoms with E-state index >= 15 is 0 Å². The van der Waals surface area contributed by atoms with Crippen molar-refractivity contribution in [2.24, 2.45) is 5.73 Å². The SMILES string of the molecule is NCc1ccc(CN(c2nc3ccccc3o2)C2CCCc3cccnc32)cc1Cc1ccccn1. The maximum atomic E-state index is 6.30. The fourth-order valence-electron chi connectivity index (χ4n) is 5.22. The lowest BCUT2D eigenvalue weighted by atomic mass is 9.90. The predicted molar refractivity (Wildman–Crippen MR) is 141 cm³/mol. The number of pyridine rings is 2. The lowest BCUT2D eigenvalue weighted by Gasteiger charge is -2.34. The summed E-state index contributed by atoms with van der Waals surface area (Å²) in [5, 5.41) is 0. The predicted octanol–water partition coefficient (Wildman–Crippen LogP) is 5.75. The number of anilines is 1. The van der Waals surface area contributed by atoms with Gasteiger partial charge in [-0.25, -0.2) is 0 Å². The van der Waals surface area contributed by atoms with Gasteiger partial charge in [0.25, 0.3) is 6.01 Å². The largest absolute Gasteiger partial charge is 0.423 e. The van der Waals surface area contributed by atoms with E-state index in [1.807, 2.05) is 54.9 Å². The molecule has 5 aromatic rings. The van der Waals surface area contributed by atoms with Crippen molar-refractivity contribution in [2.45, 2.75) is 44.8 Å². The number of oxazole rings is 1. The Balaban J connectivity index is 1.40. The van der Waals surface area contributed by atoms with E-state index in [4.69, 9.17) is 20.1 Å². The van der Waals surface area contributed by atoms with E-state index in [9.17, 15) is 0 Å². The van der Waals surface area contributed by atoms with Gasteiger partial charge in [-0.15, -0.1) is 0 Å². The van der Waals surface area contributed by atoms with Crippen molar-refractivity contribution in [3.63, 3.8) is 0 Å². The standard InChI is InChI=1S/C30H29N5O/c31-19-23-14-13-21(17-24(23)18-25-9-3-4-15-32-25)20-35(30-34-26-10-1-2-12-28(26)36-30)27-11-5-7-22-8-6-16-33-29(22)27/h1-4,6,8-10,12-17,27H,5,7,11,18-20,31H2. The average Bonchev–Trinajstić information content (AvgIpc) is 3.36. The molecule has 2 N–H and O–H groups in total. The normalized spacial score (nSPS) is 15.1. The minimum Gasteiger partial charge on any atom is -0.423 e. The van der Waals surface area contributed by atoms with Gasteiger partial charge in [-0.05, 0) is 71.8 Å². The second kappa shape index (κ2) is 9.91. The van der Waals surface area contributed by atoms with E-state index in [0.29, 0.717) is 19.1 Å². The molecule has 1 aliphatic rings. The molecule has 0 aliphatic heterocycles. The third-order valence-electron chi connectivity index (χ3n) is 7.01. The maximum Gasteiger partial charge on any atom is 0.299 e. The van der Waals surface area contributed by atoms with Gasteiger partial charge in [-0.2, -0.15) is 4.98 Å². The number of hydrogen-bond acceptors (Lipinski definition) is 6. The quantitative estimate of drug-likeness (QED) is 0.323. The lowest BCUT2D eigenvalue weighted by Crippen LogP contribution is -2.32. The Morgan fingerprint density at radius 2 is 1.81 bits per heavy atom. The summed E-state index contributed by atoms with van der Waals surface area (Å²) in [5.74, 6) is 0. The highest BCUT2D eigenvalue weighted by Gasteiger charge is 2.30. The van der Waals surface area contributed by atoms with E-state index in [-0.39, 0.29) is 6.04 Å². The van der Waals surface area contributed by atoms with Gasteiger partial charge in [-0.1, -0.05) is 42.5 Å². The van der Waals surface area contributed by atoms with Crippen LogP contribution in [0.1, 0.15) is 52.5 Å². The Kier molecular flexibility index (Phi) is 6.18. The number of aromatic nitrogens is 3. The summed E-state index contributed by atoms with van der Waals surface area (Å²) in [7, 11) is 0. The van der Waals surface area contributed by atoms with Gasteiger partial charge in [0.15, 0.2) is 5.58 Å². The van der Waals surface area contributed by atoms with Crippen LogP contribution in [0.2, 0.25) is 0 Å². The van der Waals surface area contributed by atoms with Crippen molar-refractivity contribution in [2.75, 3.05) is 4.90 Å². The van der Waals surface area contributed by atoms with Gasteiger partial charge in [0.2, 0.25) is 0 Å². The Bertz CT molecular complexity index is 1450. The lowest BCUT2D eigenvalue weighted by molar-refractivity contribution is 0.460. The van der Waals surface area contributed by atoms with Crippen LogP contribution in [0, 0.1) is 0 Å². The molecule has 0 bridgehead atoms. The first-order chi connectivity index (χ1) is 17.8. The molecule has 6 rings (SSSR count). The number of nitrogens with zero attached hydrogens (tertiary/aromatic N) is 4. The number of rotatable bonds is 7. The Morgan fingerprint density at radius 1 is 0.917 bits per heavy atom. The molecule has 0 amide bonds. The molecule has 2 aromatic carbocycles. The number of para-hydroxylation sites is 2. The summed E-state index contributed by atoms with van der Waals surface area (Å²) in [4.78, 5) is 16.5. The van der Waals surface area contributed by atoms with Crippen molar-refractivity contribution in [3.05, 3.63) is 119 Å². The fraction of sp³-hybridized carbons (Fsp3) is 0.233. The molecule has 180 valence electrons. The summed E-state index contributed by atoms with van der Waals surface area (Å²) >= 11 is 0. The Hall–Kier alpha value is -4.03. The zero-order valence-electron chi connectivity index (χ0n) is 20.2. The molecule has 3 aromatic heterocycles. The molecule has 3 heterocycles. The first-order valence-electron chi connectivity index (χ1n) is 12.5. The smallest absolute Gasteiger partial charge is 0.299 e. The van der Waals surface area contributed by atoms with Crippen LogP contribution >= 0.6 is 0 Å². The van der Waals surface area contributed by atoms with Crippen LogP contribution in [-0.4, -0.2) is 15.0 Å². The third-order valence-corrected chi connectivity index (χ3v) is 7.01. The van der Waals surface area contributed by atoms with Crippen molar-refractivity contribution >= 4 is 17.1 Å². The number of aryl methyl sites for hydroxylation is 1. The van der Waals surface area contributed by atoms with Crippen LogP contribution < -0.4 is 10.6 Å². The van der Waals surface area contributed by atoms with Gasteiger partial charge in [0.05, 0.1) is 11.7 Å². The summed E-state index contributed by atoms with van der Waals surface area (Å²) in [6, 6.07) is 25.5. The highest BCUT2D eigenvalue weighted by Crippen LogP contribution is 2.37. The van der Waals surface area contributed by atoms with Crippen LogP contribution in [0.25, 0.3) is 11.1 Å². The van der Waals surface area contributed by atoms with E-state index in [1.54, 1.807) is 0 Å². The molecular weight excluding hydrogens is 446 g/mol. The molecule has 0 fully saturated rings. The second-order valence-electron chi connectivity index (χ2n) is 9.35. The van der Waals surface area contributed by atoms with Gasteiger partial charge in [0.1, 0.15) is 5.52 Å². The van der Waals surface area contributed by atoms with E-state index in [1.165, 1.54) is 16.7 Å². The topological polar surface area (TPSA) is 81.1 Å². The first-order valence-corrected chi connectivity index (χ1v) is 12.5. The van der Waals surface area contributed by atoms with Crippen molar-refractivity contribution < 1.29 is 4.42 Å². The zero-order chi connectivity index (χ0) is 24.3. The molecule has 0 saturated heterocycles. The summed E-state index contributed by atoms with van der Waals surface area (Å²) < 4.78 is 6.30. The minimum absolute atomic E-state index is 0.0939. The van der Waals surface area contributed by atoms with Gasteiger partial charge >= 0.3 is 0 Å². The van der Waals surface area contributed by atoms with Gasteiger partial charge in [0, 0.05) is 37.6 Å². The monoisotopic (exact) mass is 475 g/mol. The number of fused-ring (bicyclic) bond motifs is 2. The Labute approximate surface area is 210 Å². The maximum absolute atomic E-state index is 6.30. The van der Waals surface area contributed by atoms with Crippen LogP contribution in [0.3, 0.4) is 0 Å². The van der Waals surface area contributed by atoms with Crippen LogP contribution in [0.5, 0.6) is 0 Å². The van der Waals surface area contributed by atoms with Crippen molar-refractivity contribution in [1.82, 2.24) is 15.0 Å². The summed E-state index contributed by atoms with van der Waals surface area (Å²) in [6.07, 6.45) is 7.65. The molecular formula is C30H29N5O. The second-order valence-corrected chi connectivity index (χ2v) is 9.35. The molecule has 1 atom stereocenters. The van der Waals surface area contributed by atoms with Crippen LogP contribution in [-0.2, 0) is 25.9 Å². The molecule has 1 aliphatic carbocycles. The molecule has 1 unspecified atom stereocenters. The highest BCUT2D eigenvalue weighted by atomic mass is 16.4. The third kappa shape index (κ3) is 4.48. The van der Waals surface area contributed by atoms with E-state index in [0.717, 1.165) is 53.7 Å². The van der Waals surface area contributed by atoms with Crippen LogP contribution in [0.4, 0.5) is 6.01 Å². The highest BCUT2D eigenvalue weighted by molar-refractivity contribution is 5.74. The Morgan fingerprint density at radius 3 is 2.67 bits per heavy atom. The van der Waals surface area contributed by atoms with Crippen molar-refractivity contribution in [3.8, 4) is 0 Å². The van der Waals surface area contributed by atoms with Crippen molar-refractivity contribution in [1.29, 1.82) is 0 Å². The molecule has 0 spiro atoms. The van der Waals surface area contributed by atoms with Crippen LogP contribution in [0.15, 0.2) is 89.6 Å². The molecule has 0 saturated carbocycles. The van der Waals surface area contributed by atoms with Gasteiger partial charge in [-0.3, -0.25) is 9.97 Å². The molecule has 6 nitrogen and oxygen atoms in total. The van der Waals surface area contributed by atoms with Gasteiger partial charge < -0.3 is 15.1 Å². The number of nitrogens with two attached hydrogens (primary N) is 1. The summed E-state index contributed by atoms with van der Waals surface area (Å²) in [6.45, 7) is 1.16. The average molecular weight is 476 g/mol. The van der Waals surface area contributed by atoms with E-state index < -0.39 is 0 Å². The minimum atomic E-state index is 0.0939. The summed E-state index contributed by atoms with van der Waals surface area (Å²) in [5.41, 5.74) is 14.7. The van der Waals surface area contributed by atoms with E-state index in [2.05, 4.69) is 40.2 Å². The number of hydrogen-bond donors (Lipinski definition) is 1.